The summed E-state index contributed by atoms with van der Waals surface area (Å²) < 4.78 is 0. The van der Waals surface area contributed by atoms with Crippen molar-refractivity contribution in [2.75, 3.05) is 0 Å². The average Bonchev–Trinajstić information content (AvgIpc) is 2.17. The summed E-state index contributed by atoms with van der Waals surface area (Å²) in [5, 5.41) is 0.776. The van der Waals surface area contributed by atoms with Gasteiger partial charge in [0.25, 0.3) is 0 Å². The van der Waals surface area contributed by atoms with E-state index in [1.165, 1.54) is 0 Å². The first-order valence-electron chi connectivity index (χ1n) is 3.85. The molecule has 0 aliphatic heterocycles. The highest BCUT2D eigenvalue weighted by atomic mass is 35.5. The van der Waals surface area contributed by atoms with E-state index in [-0.39, 0.29) is 0 Å². The van der Waals surface area contributed by atoms with Gasteiger partial charge in [0.05, 0.1) is 0 Å². The molecule has 0 saturated carbocycles. The molecule has 0 spiro atoms. The first-order valence-corrected chi connectivity index (χ1v) is 4.23. The van der Waals surface area contributed by atoms with Crippen molar-refractivity contribution in [2.45, 2.75) is 13.8 Å². The second kappa shape index (κ2) is 4.32. The first kappa shape index (κ1) is 9.34. The Bertz CT molecular complexity index is 272. The predicted octanol–water partition coefficient (Wildman–Crippen LogP) is 3.76. The van der Waals surface area contributed by atoms with Crippen LogP contribution in [0.5, 0.6) is 0 Å². The van der Waals surface area contributed by atoms with Gasteiger partial charge in [0.2, 0.25) is 0 Å². The van der Waals surface area contributed by atoms with Crippen molar-refractivity contribution in [3.8, 4) is 0 Å². The van der Waals surface area contributed by atoms with E-state index in [4.69, 9.17) is 11.6 Å². The molecule has 0 unspecified atom stereocenters. The van der Waals surface area contributed by atoms with Gasteiger partial charge >= 0.3 is 0 Å². The molecule has 1 aromatic carbocycles. The van der Waals surface area contributed by atoms with Crippen molar-refractivity contribution in [1.82, 2.24) is 0 Å². The van der Waals surface area contributed by atoms with Crippen molar-refractivity contribution in [1.29, 1.82) is 0 Å². The fourth-order valence-corrected chi connectivity index (χ4v) is 1.13. The molecule has 62 valence electrons. The van der Waals surface area contributed by atoms with Crippen molar-refractivity contribution in [3.05, 3.63) is 47.9 Å². The molecule has 0 saturated heterocycles. The van der Waals surface area contributed by atoms with E-state index in [1.54, 1.807) is 0 Å². The summed E-state index contributed by atoms with van der Waals surface area (Å²) in [7, 11) is 0. The van der Waals surface area contributed by atoms with Gasteiger partial charge in [0.1, 0.15) is 0 Å². The quantitative estimate of drug-likeness (QED) is 0.647. The van der Waals surface area contributed by atoms with Gasteiger partial charge in [0.15, 0.2) is 0 Å². The predicted molar refractivity (Wildman–Crippen MR) is 53.8 cm³/mol. The molecule has 0 bridgehead atoms. The molecule has 1 aromatic rings. The van der Waals surface area contributed by atoms with E-state index in [0.29, 0.717) is 0 Å². The van der Waals surface area contributed by atoms with Crippen LogP contribution in [-0.4, -0.2) is 0 Å². The van der Waals surface area contributed by atoms with Crippen LogP contribution >= 0.6 is 11.6 Å². The first-order chi connectivity index (χ1) is 5.75. The smallest absolute Gasteiger partial charge is 0.0473 e. The molecule has 1 rings (SSSR count). The van der Waals surface area contributed by atoms with Gasteiger partial charge in [-0.3, -0.25) is 0 Å². The maximum absolute atomic E-state index is 6.07. The molecule has 1 heteroatoms. The molecule has 0 aliphatic carbocycles. The van der Waals surface area contributed by atoms with Crippen molar-refractivity contribution >= 4 is 16.6 Å². The summed E-state index contributed by atoms with van der Waals surface area (Å²) in [4.78, 5) is 0. The van der Waals surface area contributed by atoms with E-state index < -0.39 is 0 Å². The Morgan fingerprint density at radius 1 is 1.25 bits per heavy atom. The fraction of sp³-hybridized carbons (Fsp3) is 0.182. The Morgan fingerprint density at radius 2 is 1.83 bits per heavy atom. The van der Waals surface area contributed by atoms with Gasteiger partial charge in [-0.2, -0.15) is 0 Å². The molecule has 0 fully saturated rings. The maximum Gasteiger partial charge on any atom is 0.0473 e. The SMILES string of the molecule is C[C]C(C)=C(Cl)c1ccccc1. The molecule has 12 heavy (non-hydrogen) atoms. The molecular weight excluding hydrogens is 168 g/mol. The van der Waals surface area contributed by atoms with Crippen LogP contribution < -0.4 is 0 Å². The van der Waals surface area contributed by atoms with Gasteiger partial charge < -0.3 is 0 Å². The zero-order chi connectivity index (χ0) is 8.97. The van der Waals surface area contributed by atoms with Crippen LogP contribution in [0, 0.1) is 6.42 Å². The van der Waals surface area contributed by atoms with Crippen LogP contribution in [0.2, 0.25) is 0 Å². The van der Waals surface area contributed by atoms with Crippen molar-refractivity contribution < 1.29 is 0 Å². The normalized spacial score (nSPS) is 12.6. The van der Waals surface area contributed by atoms with E-state index >= 15 is 0 Å². The Hall–Kier alpha value is -0.750. The Kier molecular flexibility index (Phi) is 3.36. The van der Waals surface area contributed by atoms with Crippen molar-refractivity contribution in [3.63, 3.8) is 0 Å². The lowest BCUT2D eigenvalue weighted by Gasteiger charge is -2.01. The second-order valence-electron chi connectivity index (χ2n) is 2.56. The maximum atomic E-state index is 6.07. The lowest BCUT2D eigenvalue weighted by atomic mass is 10.1. The number of rotatable bonds is 2. The standard InChI is InChI=1S/C11H11Cl/c1-3-9(2)11(12)10-7-5-4-6-8-10/h4-8H,1-2H3. The molecule has 0 aromatic heterocycles. The fourth-order valence-electron chi connectivity index (χ4n) is 0.911. The lowest BCUT2D eigenvalue weighted by molar-refractivity contribution is 1.37. The van der Waals surface area contributed by atoms with Crippen molar-refractivity contribution in [2.24, 2.45) is 0 Å². The highest BCUT2D eigenvalue weighted by Crippen LogP contribution is 2.23. The number of allylic oxidation sites excluding steroid dienone is 1. The Labute approximate surface area is 78.9 Å². The molecule has 0 N–H and O–H groups in total. The Morgan fingerprint density at radius 3 is 2.33 bits per heavy atom. The third-order valence-electron chi connectivity index (χ3n) is 1.73. The number of halogens is 1. The van der Waals surface area contributed by atoms with E-state index in [2.05, 4.69) is 6.42 Å². The van der Waals surface area contributed by atoms with E-state index in [0.717, 1.165) is 16.2 Å². The number of hydrogen-bond donors (Lipinski definition) is 0. The van der Waals surface area contributed by atoms with Gasteiger partial charge in [-0.15, -0.1) is 0 Å². The molecule has 0 aliphatic rings. The third-order valence-corrected chi connectivity index (χ3v) is 2.23. The third kappa shape index (κ3) is 2.12. The highest BCUT2D eigenvalue weighted by Gasteiger charge is 1.99. The molecule has 0 amide bonds. The van der Waals surface area contributed by atoms with Crippen LogP contribution in [0.3, 0.4) is 0 Å². The highest BCUT2D eigenvalue weighted by molar-refractivity contribution is 6.49. The van der Waals surface area contributed by atoms with Crippen LogP contribution in [0.1, 0.15) is 19.4 Å². The van der Waals surface area contributed by atoms with Gasteiger partial charge in [0, 0.05) is 11.5 Å². The average molecular weight is 179 g/mol. The van der Waals surface area contributed by atoms with E-state index in [9.17, 15) is 0 Å². The summed E-state index contributed by atoms with van der Waals surface area (Å²) >= 11 is 6.07. The topological polar surface area (TPSA) is 0 Å². The van der Waals surface area contributed by atoms with E-state index in [1.807, 2.05) is 44.2 Å². The molecule has 0 atom stereocenters. The Balaban J connectivity index is 3.00. The minimum absolute atomic E-state index is 0.776. The molecular formula is C11H11Cl. The number of benzene rings is 1. The summed E-state index contributed by atoms with van der Waals surface area (Å²) in [6.45, 7) is 3.82. The summed E-state index contributed by atoms with van der Waals surface area (Å²) in [5.41, 5.74) is 2.04. The molecule has 0 nitrogen and oxygen atoms in total. The second-order valence-corrected chi connectivity index (χ2v) is 2.93. The minimum Gasteiger partial charge on any atom is -0.0837 e. The largest absolute Gasteiger partial charge is 0.0837 e. The van der Waals surface area contributed by atoms with Crippen LogP contribution in [0.25, 0.3) is 5.03 Å². The summed E-state index contributed by atoms with van der Waals surface area (Å²) in [6, 6.07) is 9.90. The van der Waals surface area contributed by atoms with Crippen LogP contribution in [0.15, 0.2) is 35.9 Å². The van der Waals surface area contributed by atoms with Gasteiger partial charge in [-0.25, -0.2) is 0 Å². The monoisotopic (exact) mass is 178 g/mol. The van der Waals surface area contributed by atoms with Gasteiger partial charge in [-0.1, -0.05) is 48.9 Å². The van der Waals surface area contributed by atoms with Gasteiger partial charge in [-0.05, 0) is 18.1 Å². The van der Waals surface area contributed by atoms with Crippen LogP contribution in [0.4, 0.5) is 0 Å². The van der Waals surface area contributed by atoms with Crippen LogP contribution in [-0.2, 0) is 0 Å². The lowest BCUT2D eigenvalue weighted by Crippen LogP contribution is -1.81. The summed E-state index contributed by atoms with van der Waals surface area (Å²) in [6.07, 6.45) is 3.01. The zero-order valence-corrected chi connectivity index (χ0v) is 8.02. The number of hydrogen-bond acceptors (Lipinski definition) is 0. The minimum atomic E-state index is 0.776. The summed E-state index contributed by atoms with van der Waals surface area (Å²) in [5.74, 6) is 0. The zero-order valence-electron chi connectivity index (χ0n) is 7.26. The molecule has 2 radical (unpaired) electrons. The molecule has 0 heterocycles.